The molecule has 3 aromatic rings. The zero-order valence-corrected chi connectivity index (χ0v) is 12.1. The minimum atomic E-state index is -0.722. The van der Waals surface area contributed by atoms with Crippen LogP contribution in [-0.2, 0) is 0 Å². The van der Waals surface area contributed by atoms with Gasteiger partial charge >= 0.3 is 0 Å². The largest absolute Gasteiger partial charge is 0.464 e. The van der Waals surface area contributed by atoms with Crippen molar-refractivity contribution in [2.75, 3.05) is 6.54 Å². The number of fused-ring (bicyclic) bond motifs is 1. The van der Waals surface area contributed by atoms with Crippen LogP contribution >= 0.6 is 11.6 Å². The van der Waals surface area contributed by atoms with Gasteiger partial charge in [0.05, 0.1) is 12.4 Å². The number of hydrogen-bond donors (Lipinski definition) is 2. The highest BCUT2D eigenvalue weighted by molar-refractivity contribution is 6.30. The van der Waals surface area contributed by atoms with Gasteiger partial charge in [-0.1, -0.05) is 41.9 Å². The zero-order chi connectivity index (χ0) is 14.8. The monoisotopic (exact) mass is 301 g/mol. The fourth-order valence-corrected chi connectivity index (χ4v) is 2.73. The van der Waals surface area contributed by atoms with Gasteiger partial charge in [-0.25, -0.2) is 0 Å². The second-order valence-electron chi connectivity index (χ2n) is 5.03. The number of para-hydroxylation sites is 1. The normalized spacial score (nSPS) is 14.2. The van der Waals surface area contributed by atoms with E-state index in [1.807, 2.05) is 36.4 Å². The lowest BCUT2D eigenvalue weighted by molar-refractivity contribution is 0.148. The molecular weight excluding hydrogens is 286 g/mol. The lowest BCUT2D eigenvalue weighted by atomic mass is 9.89. The van der Waals surface area contributed by atoms with Gasteiger partial charge in [0, 0.05) is 28.4 Å². The summed E-state index contributed by atoms with van der Waals surface area (Å²) in [5.74, 6) is -0.205. The van der Waals surface area contributed by atoms with E-state index in [-0.39, 0.29) is 5.92 Å². The smallest absolute Gasteiger partial charge is 0.134 e. The van der Waals surface area contributed by atoms with Crippen molar-refractivity contribution in [1.82, 2.24) is 0 Å². The Morgan fingerprint density at radius 1 is 1.10 bits per heavy atom. The highest BCUT2D eigenvalue weighted by Crippen LogP contribution is 2.35. The number of furan rings is 1. The van der Waals surface area contributed by atoms with Gasteiger partial charge in [-0.3, -0.25) is 0 Å². The summed E-state index contributed by atoms with van der Waals surface area (Å²) in [6, 6.07) is 15.0. The van der Waals surface area contributed by atoms with Crippen molar-refractivity contribution < 1.29 is 9.52 Å². The molecule has 0 saturated heterocycles. The van der Waals surface area contributed by atoms with Crippen LogP contribution in [0.25, 0.3) is 11.0 Å². The molecule has 3 N–H and O–H groups in total. The molecule has 2 atom stereocenters. The molecule has 4 heteroatoms. The van der Waals surface area contributed by atoms with E-state index in [0.29, 0.717) is 11.6 Å². The van der Waals surface area contributed by atoms with Crippen molar-refractivity contribution in [3.05, 3.63) is 70.9 Å². The number of hydrogen-bond acceptors (Lipinski definition) is 3. The van der Waals surface area contributed by atoms with Crippen LogP contribution in [0.1, 0.15) is 23.1 Å². The quantitative estimate of drug-likeness (QED) is 0.769. The second-order valence-corrected chi connectivity index (χ2v) is 5.46. The number of nitrogens with two attached hydrogens (primary N) is 1. The first kappa shape index (κ1) is 14.1. The fourth-order valence-electron chi connectivity index (χ4n) is 2.60. The maximum Gasteiger partial charge on any atom is 0.134 e. The van der Waals surface area contributed by atoms with Crippen LogP contribution in [0.15, 0.2) is 59.2 Å². The van der Waals surface area contributed by atoms with Crippen LogP contribution in [0.4, 0.5) is 0 Å². The predicted octanol–water partition coefficient (Wildman–Crippen LogP) is 3.86. The molecule has 21 heavy (non-hydrogen) atoms. The van der Waals surface area contributed by atoms with Crippen molar-refractivity contribution >= 4 is 22.6 Å². The van der Waals surface area contributed by atoms with Crippen LogP contribution in [0.5, 0.6) is 0 Å². The third-order valence-corrected chi connectivity index (χ3v) is 4.01. The maximum atomic E-state index is 10.7. The summed E-state index contributed by atoms with van der Waals surface area (Å²) in [4.78, 5) is 0. The minimum absolute atomic E-state index is 0.205. The summed E-state index contributed by atoms with van der Waals surface area (Å²) in [7, 11) is 0. The average Bonchev–Trinajstić information content (AvgIpc) is 2.94. The zero-order valence-electron chi connectivity index (χ0n) is 11.4. The van der Waals surface area contributed by atoms with Crippen molar-refractivity contribution in [3.63, 3.8) is 0 Å². The van der Waals surface area contributed by atoms with E-state index < -0.39 is 6.10 Å². The Labute approximate surface area is 127 Å². The number of halogens is 1. The number of rotatable bonds is 4. The maximum absolute atomic E-state index is 10.7. The van der Waals surface area contributed by atoms with E-state index in [1.165, 1.54) is 0 Å². The Balaban J connectivity index is 1.98. The summed E-state index contributed by atoms with van der Waals surface area (Å²) in [5.41, 5.74) is 8.35. The molecule has 0 saturated carbocycles. The van der Waals surface area contributed by atoms with Crippen LogP contribution in [-0.4, -0.2) is 11.7 Å². The van der Waals surface area contributed by atoms with Crippen LogP contribution in [0, 0.1) is 0 Å². The molecule has 108 valence electrons. The van der Waals surface area contributed by atoms with Crippen molar-refractivity contribution in [1.29, 1.82) is 0 Å². The highest BCUT2D eigenvalue weighted by atomic mass is 35.5. The highest BCUT2D eigenvalue weighted by Gasteiger charge is 2.24. The van der Waals surface area contributed by atoms with E-state index in [1.54, 1.807) is 18.4 Å². The first-order chi connectivity index (χ1) is 10.2. The Morgan fingerprint density at radius 2 is 1.81 bits per heavy atom. The van der Waals surface area contributed by atoms with Gasteiger partial charge in [0.2, 0.25) is 0 Å². The van der Waals surface area contributed by atoms with Gasteiger partial charge in [0.1, 0.15) is 5.58 Å². The topological polar surface area (TPSA) is 59.4 Å². The van der Waals surface area contributed by atoms with Gasteiger partial charge in [0.25, 0.3) is 0 Å². The van der Waals surface area contributed by atoms with E-state index >= 15 is 0 Å². The molecule has 0 aliphatic carbocycles. The van der Waals surface area contributed by atoms with Gasteiger partial charge in [0.15, 0.2) is 0 Å². The Kier molecular flexibility index (Phi) is 3.97. The van der Waals surface area contributed by atoms with Gasteiger partial charge in [-0.15, -0.1) is 0 Å². The molecule has 0 aliphatic heterocycles. The van der Waals surface area contributed by atoms with Crippen molar-refractivity contribution in [2.24, 2.45) is 5.73 Å². The summed E-state index contributed by atoms with van der Waals surface area (Å²) in [5, 5.41) is 12.3. The van der Waals surface area contributed by atoms with E-state index in [9.17, 15) is 5.11 Å². The third-order valence-electron chi connectivity index (χ3n) is 3.76. The molecule has 2 unspecified atom stereocenters. The SMILES string of the molecule is NCC(c1ccc(Cl)cc1)C(O)c1coc2ccccc12. The standard InChI is InChI=1S/C17H16ClNO2/c18-12-7-5-11(6-8-12)14(9-19)17(20)15-10-21-16-4-2-1-3-13(15)16/h1-8,10,14,17,20H,9,19H2. The average molecular weight is 302 g/mol. The lowest BCUT2D eigenvalue weighted by Crippen LogP contribution is -2.20. The minimum Gasteiger partial charge on any atom is -0.464 e. The first-order valence-electron chi connectivity index (χ1n) is 6.80. The number of aliphatic hydroxyl groups is 1. The molecule has 0 amide bonds. The summed E-state index contributed by atoms with van der Waals surface area (Å²) in [6.07, 6.45) is 0.883. The molecule has 0 radical (unpaired) electrons. The van der Waals surface area contributed by atoms with Gasteiger partial charge in [-0.05, 0) is 23.8 Å². The molecule has 3 rings (SSSR count). The van der Waals surface area contributed by atoms with Crippen molar-refractivity contribution in [3.8, 4) is 0 Å². The molecular formula is C17H16ClNO2. The van der Waals surface area contributed by atoms with Gasteiger partial charge < -0.3 is 15.3 Å². The molecule has 0 fully saturated rings. The molecule has 0 spiro atoms. The number of aliphatic hydroxyl groups excluding tert-OH is 1. The van der Waals surface area contributed by atoms with Crippen LogP contribution in [0.3, 0.4) is 0 Å². The Hall–Kier alpha value is -1.81. The van der Waals surface area contributed by atoms with E-state index in [2.05, 4.69) is 0 Å². The molecule has 2 aromatic carbocycles. The predicted molar refractivity (Wildman–Crippen MR) is 84.4 cm³/mol. The molecule has 0 bridgehead atoms. The molecule has 0 aliphatic rings. The molecule has 1 heterocycles. The van der Waals surface area contributed by atoms with E-state index in [4.69, 9.17) is 21.8 Å². The number of benzene rings is 2. The fraction of sp³-hybridized carbons (Fsp3) is 0.176. The first-order valence-corrected chi connectivity index (χ1v) is 7.18. The summed E-state index contributed by atoms with van der Waals surface area (Å²) < 4.78 is 5.50. The third kappa shape index (κ3) is 2.68. The van der Waals surface area contributed by atoms with E-state index in [0.717, 1.165) is 22.1 Å². The second kappa shape index (κ2) is 5.90. The Morgan fingerprint density at radius 3 is 2.52 bits per heavy atom. The Bertz CT molecular complexity index is 736. The van der Waals surface area contributed by atoms with Gasteiger partial charge in [-0.2, -0.15) is 0 Å². The molecule has 3 nitrogen and oxygen atoms in total. The lowest BCUT2D eigenvalue weighted by Gasteiger charge is -2.21. The summed E-state index contributed by atoms with van der Waals surface area (Å²) in [6.45, 7) is 0.336. The molecule has 1 aromatic heterocycles. The summed E-state index contributed by atoms with van der Waals surface area (Å²) >= 11 is 5.91. The van der Waals surface area contributed by atoms with Crippen LogP contribution in [0.2, 0.25) is 5.02 Å². The van der Waals surface area contributed by atoms with Crippen molar-refractivity contribution in [2.45, 2.75) is 12.0 Å². The van der Waals surface area contributed by atoms with Crippen LogP contribution < -0.4 is 5.73 Å².